The number of aromatic nitrogens is 3. The fraction of sp³-hybridized carbons (Fsp3) is 0.111. The van der Waals surface area contributed by atoms with Crippen LogP contribution in [-0.2, 0) is 20.1 Å². The first-order chi connectivity index (χ1) is 15.2. The molecule has 4 rings (SSSR count). The van der Waals surface area contributed by atoms with Gasteiger partial charge in [0.2, 0.25) is 15.9 Å². The molecule has 0 unspecified atom stereocenters. The fourth-order valence-corrected chi connectivity index (χ4v) is 4.10. The van der Waals surface area contributed by atoms with Crippen LogP contribution in [0.25, 0.3) is 33.1 Å². The molecule has 9 nitrogen and oxygen atoms in total. The van der Waals surface area contributed by atoms with Gasteiger partial charge in [-0.3, -0.25) is 4.72 Å². The average Bonchev–Trinajstić information content (AvgIpc) is 3.04. The molecule has 0 bridgehead atoms. The Morgan fingerprint density at radius 3 is 2.30 bits per heavy atom. The van der Waals surface area contributed by atoms with Gasteiger partial charge in [-0.25, -0.2) is 22.8 Å². The van der Waals surface area contributed by atoms with Crippen LogP contribution in [0.4, 0.5) is 23.2 Å². The van der Waals surface area contributed by atoms with Crippen LogP contribution in [0.5, 0.6) is 5.88 Å². The van der Waals surface area contributed by atoms with E-state index in [4.69, 9.17) is 0 Å². The van der Waals surface area contributed by atoms with Crippen LogP contribution in [0.2, 0.25) is 0 Å². The monoisotopic (exact) mass is 504 g/mol. The molecule has 0 aliphatic rings. The Morgan fingerprint density at radius 1 is 1.03 bits per heavy atom. The van der Waals surface area contributed by atoms with E-state index < -0.39 is 37.3 Å². The van der Waals surface area contributed by atoms with E-state index in [1.165, 1.54) is 24.3 Å². The topological polar surface area (TPSA) is 131 Å². The Balaban J connectivity index is 1.88. The average molecular weight is 504 g/mol. The fourth-order valence-electron chi connectivity index (χ4n) is 3.12. The number of H-pyrrole nitrogens is 1. The summed E-state index contributed by atoms with van der Waals surface area (Å²) in [6, 6.07) is 6.56. The van der Waals surface area contributed by atoms with Crippen molar-refractivity contribution in [1.29, 1.82) is 0 Å². The number of hydrogen-bond acceptors (Lipinski definition) is 7. The number of alkyl halides is 3. The Hall–Kier alpha value is -3.46. The SMILES string of the molecule is CS(=O)(=O)Nc1ccc(-c2c(F)cnc3[nH]c4cnc(OS(=O)(=O)C(F)(F)F)cc4c23)cc1. The number of pyridine rings is 2. The molecule has 0 radical (unpaired) electrons. The molecule has 1 aromatic carbocycles. The summed E-state index contributed by atoms with van der Waals surface area (Å²) in [6.07, 6.45) is 2.92. The van der Waals surface area contributed by atoms with Gasteiger partial charge in [0.15, 0.2) is 0 Å². The third-order valence-electron chi connectivity index (χ3n) is 4.39. The highest BCUT2D eigenvalue weighted by Crippen LogP contribution is 2.37. The molecule has 3 aromatic heterocycles. The molecular formula is C18H12F4N4O5S2. The van der Waals surface area contributed by atoms with Crippen LogP contribution in [0.1, 0.15) is 0 Å². The summed E-state index contributed by atoms with van der Waals surface area (Å²) in [5.41, 5.74) is -4.77. The summed E-state index contributed by atoms with van der Waals surface area (Å²) < 4.78 is 105. The number of sulfonamides is 1. The van der Waals surface area contributed by atoms with Crippen molar-refractivity contribution in [3.63, 3.8) is 0 Å². The van der Waals surface area contributed by atoms with Gasteiger partial charge in [0, 0.05) is 28.1 Å². The summed E-state index contributed by atoms with van der Waals surface area (Å²) in [5, 5.41) is 0.234. The van der Waals surface area contributed by atoms with Crippen molar-refractivity contribution in [2.75, 3.05) is 11.0 Å². The first-order valence-corrected chi connectivity index (χ1v) is 12.1. The van der Waals surface area contributed by atoms with E-state index in [1.807, 2.05) is 0 Å². The van der Waals surface area contributed by atoms with Crippen molar-refractivity contribution >= 4 is 47.8 Å². The number of anilines is 1. The third-order valence-corrected chi connectivity index (χ3v) is 5.95. The molecule has 3 heterocycles. The highest BCUT2D eigenvalue weighted by atomic mass is 32.2. The van der Waals surface area contributed by atoms with Gasteiger partial charge in [0.1, 0.15) is 11.5 Å². The molecule has 0 fully saturated rings. The van der Waals surface area contributed by atoms with E-state index in [2.05, 4.69) is 23.9 Å². The van der Waals surface area contributed by atoms with Crippen LogP contribution in [-0.4, -0.2) is 43.6 Å². The zero-order valence-corrected chi connectivity index (χ0v) is 17.9. The zero-order chi connectivity index (χ0) is 24.2. The molecule has 0 saturated heterocycles. The Bertz CT molecular complexity index is 1600. The van der Waals surface area contributed by atoms with Crippen LogP contribution in [0.3, 0.4) is 0 Å². The molecule has 0 spiro atoms. The summed E-state index contributed by atoms with van der Waals surface area (Å²) >= 11 is 0. The normalized spacial score (nSPS) is 12.9. The molecule has 0 aliphatic heterocycles. The number of rotatable bonds is 5. The van der Waals surface area contributed by atoms with Crippen LogP contribution >= 0.6 is 0 Å². The third kappa shape index (κ3) is 4.41. The van der Waals surface area contributed by atoms with Crippen molar-refractivity contribution in [1.82, 2.24) is 15.0 Å². The molecule has 0 atom stereocenters. The van der Waals surface area contributed by atoms with Crippen molar-refractivity contribution in [2.45, 2.75) is 5.51 Å². The van der Waals surface area contributed by atoms with Crippen molar-refractivity contribution in [2.24, 2.45) is 0 Å². The molecular weight excluding hydrogens is 492 g/mol. The molecule has 0 aliphatic carbocycles. The van der Waals surface area contributed by atoms with E-state index in [0.717, 1.165) is 24.7 Å². The first-order valence-electron chi connectivity index (χ1n) is 8.80. The van der Waals surface area contributed by atoms with Gasteiger partial charge in [0.05, 0.1) is 24.2 Å². The number of nitrogens with zero attached hydrogens (tertiary/aromatic N) is 2. The van der Waals surface area contributed by atoms with E-state index in [0.29, 0.717) is 5.56 Å². The van der Waals surface area contributed by atoms with E-state index in [9.17, 15) is 34.4 Å². The quantitative estimate of drug-likeness (QED) is 0.242. The maximum absolute atomic E-state index is 14.8. The predicted molar refractivity (Wildman–Crippen MR) is 111 cm³/mol. The van der Waals surface area contributed by atoms with E-state index >= 15 is 0 Å². The molecule has 4 aromatic rings. The van der Waals surface area contributed by atoms with E-state index in [-0.39, 0.29) is 33.2 Å². The van der Waals surface area contributed by atoms with Crippen molar-refractivity contribution < 1.29 is 38.6 Å². The van der Waals surface area contributed by atoms with E-state index in [1.54, 1.807) is 0 Å². The van der Waals surface area contributed by atoms with Gasteiger partial charge in [-0.2, -0.15) is 21.6 Å². The predicted octanol–water partition coefficient (Wildman–Crippen LogP) is 3.52. The lowest BCUT2D eigenvalue weighted by atomic mass is 10.0. The highest BCUT2D eigenvalue weighted by molar-refractivity contribution is 7.92. The van der Waals surface area contributed by atoms with Crippen LogP contribution in [0.15, 0.2) is 42.7 Å². The summed E-state index contributed by atoms with van der Waals surface area (Å²) in [5.74, 6) is -1.65. The van der Waals surface area contributed by atoms with Gasteiger partial charge < -0.3 is 9.17 Å². The maximum Gasteiger partial charge on any atom is 0.534 e. The minimum absolute atomic E-state index is 0.00650. The lowest BCUT2D eigenvalue weighted by Crippen LogP contribution is -2.28. The summed E-state index contributed by atoms with van der Waals surface area (Å²) in [7, 11) is -9.50. The first kappa shape index (κ1) is 22.7. The van der Waals surface area contributed by atoms with Gasteiger partial charge in [0.25, 0.3) is 0 Å². The largest absolute Gasteiger partial charge is 0.534 e. The molecule has 0 amide bonds. The lowest BCUT2D eigenvalue weighted by molar-refractivity contribution is -0.0501. The lowest BCUT2D eigenvalue weighted by Gasteiger charge is -2.09. The van der Waals surface area contributed by atoms with Crippen molar-refractivity contribution in [3.8, 4) is 17.0 Å². The second-order valence-electron chi connectivity index (χ2n) is 6.83. The number of hydrogen-bond donors (Lipinski definition) is 2. The van der Waals surface area contributed by atoms with Gasteiger partial charge in [-0.1, -0.05) is 12.1 Å². The highest BCUT2D eigenvalue weighted by Gasteiger charge is 2.48. The van der Waals surface area contributed by atoms with Gasteiger partial charge >= 0.3 is 15.6 Å². The van der Waals surface area contributed by atoms with Crippen LogP contribution < -0.4 is 8.91 Å². The maximum atomic E-state index is 14.8. The van der Waals surface area contributed by atoms with Crippen LogP contribution in [0, 0.1) is 5.82 Å². The van der Waals surface area contributed by atoms with Gasteiger partial charge in [-0.05, 0) is 17.7 Å². The molecule has 174 valence electrons. The number of benzene rings is 1. The molecule has 33 heavy (non-hydrogen) atoms. The Kier molecular flexibility index (Phi) is 5.20. The second-order valence-corrected chi connectivity index (χ2v) is 10.1. The zero-order valence-electron chi connectivity index (χ0n) is 16.3. The Morgan fingerprint density at radius 2 is 1.70 bits per heavy atom. The molecule has 2 N–H and O–H groups in total. The number of nitrogens with one attached hydrogen (secondary N) is 2. The molecule has 0 saturated carbocycles. The standard InChI is InChI=1S/C18H12F4N4O5S2/c1-32(27,28)26-10-4-2-9(3-5-10)15-12(19)7-24-17-16(15)11-6-14(23-8-13(11)25-17)31-33(29,30)18(20,21)22/h2-8,26H,1H3,(H,24,25). The van der Waals surface area contributed by atoms with Gasteiger partial charge in [-0.15, -0.1) is 0 Å². The molecule has 15 heteroatoms. The van der Waals surface area contributed by atoms with Crippen molar-refractivity contribution in [3.05, 3.63) is 48.5 Å². The number of aromatic amines is 1. The Labute approximate surface area is 183 Å². The summed E-state index contributed by atoms with van der Waals surface area (Å²) in [4.78, 5) is 10.3. The minimum atomic E-state index is -5.96. The smallest absolute Gasteiger partial charge is 0.355 e. The number of fused-ring (bicyclic) bond motifs is 3. The number of halogens is 4. The summed E-state index contributed by atoms with van der Waals surface area (Å²) in [6.45, 7) is 0. The second kappa shape index (κ2) is 7.55. The minimum Gasteiger partial charge on any atom is -0.355 e.